The minimum absolute atomic E-state index is 0.0241. The van der Waals surface area contributed by atoms with E-state index >= 15 is 0 Å². The van der Waals surface area contributed by atoms with Gasteiger partial charge in [0.25, 0.3) is 15.9 Å². The summed E-state index contributed by atoms with van der Waals surface area (Å²) in [6.07, 6.45) is 1.36. The van der Waals surface area contributed by atoms with Crippen LogP contribution in [-0.2, 0) is 24.3 Å². The Kier molecular flexibility index (Phi) is 9.01. The first-order valence-electron chi connectivity index (χ1n) is 10.7. The Balaban J connectivity index is 1.77. The van der Waals surface area contributed by atoms with E-state index in [0.29, 0.717) is 11.3 Å². The molecule has 1 N–H and O–H groups in total. The second-order valence-electron chi connectivity index (χ2n) is 7.23. The number of rotatable bonds is 11. The Hall–Kier alpha value is -4.38. The van der Waals surface area contributed by atoms with E-state index in [1.807, 2.05) is 0 Å². The summed E-state index contributed by atoms with van der Waals surface area (Å²) in [4.78, 5) is 24.0. The van der Waals surface area contributed by atoms with Gasteiger partial charge in [0.1, 0.15) is 18.0 Å². The molecule has 0 radical (unpaired) electrons. The number of esters is 1. The van der Waals surface area contributed by atoms with Crippen LogP contribution in [0.5, 0.6) is 11.5 Å². The molecule has 0 atom stereocenters. The van der Waals surface area contributed by atoms with E-state index in [1.54, 1.807) is 66.7 Å². The zero-order valence-electron chi connectivity index (χ0n) is 19.7. The second kappa shape index (κ2) is 12.4. The molecule has 10 nitrogen and oxygen atoms in total. The van der Waals surface area contributed by atoms with Gasteiger partial charge < -0.3 is 14.2 Å². The molecule has 1 amide bonds. The maximum Gasteiger partial charge on any atom is 0.343 e. The van der Waals surface area contributed by atoms with Crippen molar-refractivity contribution >= 4 is 33.8 Å². The lowest BCUT2D eigenvalue weighted by atomic mass is 10.2. The molecule has 0 aliphatic carbocycles. The molecule has 36 heavy (non-hydrogen) atoms. The highest BCUT2D eigenvalue weighted by Gasteiger charge is 2.29. The van der Waals surface area contributed by atoms with Crippen LogP contribution in [0.25, 0.3) is 0 Å². The van der Waals surface area contributed by atoms with Gasteiger partial charge in [0.15, 0.2) is 6.61 Å². The molecule has 0 saturated heterocycles. The number of ether oxygens (including phenoxy) is 3. The van der Waals surface area contributed by atoms with E-state index in [2.05, 4.69) is 15.3 Å². The van der Waals surface area contributed by atoms with E-state index in [0.717, 1.165) is 4.31 Å². The summed E-state index contributed by atoms with van der Waals surface area (Å²) in [7, 11) is -1.42. The fourth-order valence-electron chi connectivity index (χ4n) is 3.09. The molecule has 0 heterocycles. The minimum Gasteiger partial charge on any atom is -0.495 e. The van der Waals surface area contributed by atoms with Crippen molar-refractivity contribution in [3.8, 4) is 11.5 Å². The molecule has 0 aliphatic rings. The van der Waals surface area contributed by atoms with Crippen LogP contribution in [-0.4, -0.2) is 53.9 Å². The molecule has 188 valence electrons. The maximum absolute atomic E-state index is 13.4. The molecule has 0 aliphatic heterocycles. The first-order valence-corrected chi connectivity index (χ1v) is 12.1. The number of para-hydroxylation sites is 2. The zero-order chi connectivity index (χ0) is 26.0. The molecule has 0 spiro atoms. The first-order chi connectivity index (χ1) is 17.3. The Morgan fingerprint density at radius 3 is 2.42 bits per heavy atom. The largest absolute Gasteiger partial charge is 0.495 e. The molecular formula is C25H25N3O7S. The fourth-order valence-corrected chi connectivity index (χ4v) is 4.54. The number of hydrazone groups is 1. The summed E-state index contributed by atoms with van der Waals surface area (Å²) in [5, 5.41) is 3.91. The number of amides is 1. The minimum atomic E-state index is -4.09. The molecule has 3 rings (SSSR count). The molecule has 0 saturated carbocycles. The van der Waals surface area contributed by atoms with Crippen molar-refractivity contribution < 1.29 is 32.2 Å². The molecule has 0 fully saturated rings. The van der Waals surface area contributed by atoms with Crippen molar-refractivity contribution in [2.24, 2.45) is 5.10 Å². The van der Waals surface area contributed by atoms with Crippen LogP contribution in [0, 0.1) is 0 Å². The van der Waals surface area contributed by atoms with Gasteiger partial charge in [-0.2, -0.15) is 5.10 Å². The number of methoxy groups -OCH3 is 2. The average molecular weight is 512 g/mol. The zero-order valence-corrected chi connectivity index (χ0v) is 20.5. The molecule has 0 aromatic heterocycles. The van der Waals surface area contributed by atoms with Gasteiger partial charge in [-0.25, -0.2) is 18.6 Å². The topological polar surface area (TPSA) is 124 Å². The highest BCUT2D eigenvalue weighted by Crippen LogP contribution is 2.32. The van der Waals surface area contributed by atoms with Crippen molar-refractivity contribution in [3.05, 3.63) is 84.4 Å². The van der Waals surface area contributed by atoms with Crippen LogP contribution in [0.3, 0.4) is 0 Å². The number of carbonyl (C=O) groups excluding carboxylic acids is 2. The van der Waals surface area contributed by atoms with Crippen molar-refractivity contribution in [3.63, 3.8) is 0 Å². The number of carbonyl (C=O) groups is 2. The summed E-state index contributed by atoms with van der Waals surface area (Å²) in [5.74, 6) is -0.495. The normalized spacial score (nSPS) is 11.1. The van der Waals surface area contributed by atoms with Crippen LogP contribution in [0.1, 0.15) is 5.56 Å². The average Bonchev–Trinajstić information content (AvgIpc) is 2.91. The molecule has 3 aromatic rings. The monoisotopic (exact) mass is 511 g/mol. The lowest BCUT2D eigenvalue weighted by Gasteiger charge is -2.25. The van der Waals surface area contributed by atoms with E-state index < -0.39 is 28.4 Å². The van der Waals surface area contributed by atoms with Crippen molar-refractivity contribution in [1.82, 2.24) is 5.43 Å². The molecule has 3 aromatic carbocycles. The predicted molar refractivity (Wildman–Crippen MR) is 134 cm³/mol. The van der Waals surface area contributed by atoms with Gasteiger partial charge in [-0.05, 0) is 42.0 Å². The summed E-state index contributed by atoms with van der Waals surface area (Å²) >= 11 is 0. The van der Waals surface area contributed by atoms with Crippen molar-refractivity contribution in [1.29, 1.82) is 0 Å². The summed E-state index contributed by atoms with van der Waals surface area (Å²) < 4.78 is 43.0. The first kappa shape index (κ1) is 26.2. The van der Waals surface area contributed by atoms with Gasteiger partial charge >= 0.3 is 5.97 Å². The maximum atomic E-state index is 13.4. The van der Waals surface area contributed by atoms with E-state index in [1.165, 1.54) is 32.6 Å². The van der Waals surface area contributed by atoms with E-state index in [-0.39, 0.29) is 22.9 Å². The van der Waals surface area contributed by atoms with Crippen LogP contribution in [0.2, 0.25) is 0 Å². The van der Waals surface area contributed by atoms with Crippen LogP contribution < -0.4 is 19.2 Å². The number of hydrogen-bond acceptors (Lipinski definition) is 8. The van der Waals surface area contributed by atoms with E-state index in [9.17, 15) is 18.0 Å². The van der Waals surface area contributed by atoms with Gasteiger partial charge in [0, 0.05) is 0 Å². The standard InChI is InChI=1S/C25H25N3O7S/c1-33-23-14-7-6-13-22(23)28(36(31,32)21-11-4-3-5-12-21)17-24(29)27-26-16-19-9-8-10-20(15-19)35-18-25(30)34-2/h3-16H,17-18H2,1-2H3,(H,27,29)/b26-16-. The highest BCUT2D eigenvalue weighted by atomic mass is 32.2. The summed E-state index contributed by atoms with van der Waals surface area (Å²) in [5.41, 5.74) is 3.13. The van der Waals surface area contributed by atoms with Gasteiger partial charge in [-0.15, -0.1) is 0 Å². The number of benzene rings is 3. The number of anilines is 1. The Labute approximate surface area is 209 Å². The van der Waals surface area contributed by atoms with Gasteiger partial charge in [0.2, 0.25) is 0 Å². The van der Waals surface area contributed by atoms with Gasteiger partial charge in [-0.3, -0.25) is 9.10 Å². The third kappa shape index (κ3) is 6.83. The number of nitrogens with one attached hydrogen (secondary N) is 1. The van der Waals surface area contributed by atoms with Crippen LogP contribution in [0.4, 0.5) is 5.69 Å². The number of sulfonamides is 1. The van der Waals surface area contributed by atoms with Crippen LogP contribution >= 0.6 is 0 Å². The second-order valence-corrected chi connectivity index (χ2v) is 9.09. The SMILES string of the molecule is COC(=O)COc1cccc(/C=N\NC(=O)CN(c2ccccc2OC)S(=O)(=O)c2ccccc2)c1. The lowest BCUT2D eigenvalue weighted by molar-refractivity contribution is -0.142. The molecule has 11 heteroatoms. The Morgan fingerprint density at radius 2 is 1.69 bits per heavy atom. The third-order valence-electron chi connectivity index (χ3n) is 4.82. The van der Waals surface area contributed by atoms with Gasteiger partial charge in [0.05, 0.1) is 31.0 Å². The lowest BCUT2D eigenvalue weighted by Crippen LogP contribution is -2.39. The highest BCUT2D eigenvalue weighted by molar-refractivity contribution is 7.92. The quantitative estimate of drug-likeness (QED) is 0.238. The summed E-state index contributed by atoms with van der Waals surface area (Å²) in [6, 6.07) is 21.0. The number of hydrogen-bond donors (Lipinski definition) is 1. The van der Waals surface area contributed by atoms with Crippen molar-refractivity contribution in [2.75, 3.05) is 31.7 Å². The smallest absolute Gasteiger partial charge is 0.343 e. The van der Waals surface area contributed by atoms with E-state index in [4.69, 9.17) is 9.47 Å². The van der Waals surface area contributed by atoms with Gasteiger partial charge in [-0.1, -0.05) is 42.5 Å². The number of nitrogens with zero attached hydrogens (tertiary/aromatic N) is 2. The molecule has 0 unspecified atom stereocenters. The fraction of sp³-hybridized carbons (Fsp3) is 0.160. The van der Waals surface area contributed by atoms with Crippen LogP contribution in [0.15, 0.2) is 88.9 Å². The summed E-state index contributed by atoms with van der Waals surface area (Å²) in [6.45, 7) is -0.792. The molecule has 0 bridgehead atoms. The predicted octanol–water partition coefficient (Wildman–Crippen LogP) is 2.59. The molecular weight excluding hydrogens is 486 g/mol. The Bertz CT molecular complexity index is 1330. The Morgan fingerprint density at radius 1 is 0.972 bits per heavy atom. The third-order valence-corrected chi connectivity index (χ3v) is 6.59. The van der Waals surface area contributed by atoms with Crippen molar-refractivity contribution in [2.45, 2.75) is 4.90 Å².